The van der Waals surface area contributed by atoms with E-state index in [2.05, 4.69) is 10.2 Å². The minimum Gasteiger partial charge on any atom is -0.332 e. The number of nitrogens with zero attached hydrogens (tertiary/aromatic N) is 5. The molecule has 1 amide bonds. The number of carbonyl (C=O) groups is 1. The van der Waals surface area contributed by atoms with Gasteiger partial charge in [0, 0.05) is 24.8 Å². The molecule has 7 heteroatoms. The van der Waals surface area contributed by atoms with Crippen LogP contribution in [0.5, 0.6) is 0 Å². The molecule has 2 aromatic heterocycles. The van der Waals surface area contributed by atoms with Crippen molar-refractivity contribution in [1.82, 2.24) is 24.5 Å². The fraction of sp³-hybridized carbons (Fsp3) is 0.556. The van der Waals surface area contributed by atoms with E-state index in [0.29, 0.717) is 18.8 Å². The lowest BCUT2D eigenvalue weighted by molar-refractivity contribution is 0.0712. The Balaban J connectivity index is 1.80. The molecule has 1 atom stereocenters. The van der Waals surface area contributed by atoms with E-state index >= 15 is 0 Å². The van der Waals surface area contributed by atoms with E-state index in [1.165, 1.54) is 16.8 Å². The largest absolute Gasteiger partial charge is 0.332 e. The summed E-state index contributed by atoms with van der Waals surface area (Å²) in [5, 5.41) is 8.77. The SMILES string of the molecule is CCCn1nc(C(=O)N2CCC[C@@H]2Cn2nc(C)cc2C)ccc1=O. The van der Waals surface area contributed by atoms with Crippen LogP contribution in [0.15, 0.2) is 23.0 Å². The molecule has 0 saturated carbocycles. The number of aryl methyl sites for hydroxylation is 3. The van der Waals surface area contributed by atoms with E-state index in [9.17, 15) is 9.59 Å². The van der Waals surface area contributed by atoms with E-state index in [-0.39, 0.29) is 17.5 Å². The van der Waals surface area contributed by atoms with Crippen LogP contribution in [-0.4, -0.2) is 43.0 Å². The Labute approximate surface area is 147 Å². The van der Waals surface area contributed by atoms with Gasteiger partial charge < -0.3 is 4.90 Å². The Morgan fingerprint density at radius 1 is 1.24 bits per heavy atom. The van der Waals surface area contributed by atoms with Crippen molar-refractivity contribution in [2.45, 2.75) is 59.2 Å². The number of rotatable bonds is 5. The summed E-state index contributed by atoms with van der Waals surface area (Å²) in [4.78, 5) is 26.6. The van der Waals surface area contributed by atoms with E-state index in [4.69, 9.17) is 0 Å². The lowest BCUT2D eigenvalue weighted by atomic mass is 10.2. The first-order chi connectivity index (χ1) is 12.0. The zero-order chi connectivity index (χ0) is 18.0. The number of carbonyl (C=O) groups excluding carboxylic acids is 1. The predicted octanol–water partition coefficient (Wildman–Crippen LogP) is 1.77. The molecule has 0 radical (unpaired) electrons. The molecule has 3 heterocycles. The molecule has 0 bridgehead atoms. The van der Waals surface area contributed by atoms with Crippen molar-refractivity contribution in [2.24, 2.45) is 0 Å². The van der Waals surface area contributed by atoms with Gasteiger partial charge in [-0.1, -0.05) is 6.92 Å². The molecule has 7 nitrogen and oxygen atoms in total. The minimum absolute atomic E-state index is 0.103. The average molecular weight is 343 g/mol. The molecular formula is C18H25N5O2. The highest BCUT2D eigenvalue weighted by Gasteiger charge is 2.31. The highest BCUT2D eigenvalue weighted by atomic mass is 16.2. The zero-order valence-corrected chi connectivity index (χ0v) is 15.1. The molecule has 2 aromatic rings. The van der Waals surface area contributed by atoms with Crippen LogP contribution >= 0.6 is 0 Å². The second-order valence-electron chi connectivity index (χ2n) is 6.68. The third kappa shape index (κ3) is 3.65. The number of hydrogen-bond acceptors (Lipinski definition) is 4. The van der Waals surface area contributed by atoms with E-state index in [1.807, 2.05) is 36.4 Å². The summed E-state index contributed by atoms with van der Waals surface area (Å²) >= 11 is 0. The highest BCUT2D eigenvalue weighted by molar-refractivity contribution is 5.92. The molecule has 134 valence electrons. The van der Waals surface area contributed by atoms with Crippen LogP contribution in [0.1, 0.15) is 48.1 Å². The van der Waals surface area contributed by atoms with Crippen LogP contribution in [0, 0.1) is 13.8 Å². The average Bonchev–Trinajstić information content (AvgIpc) is 3.16. The Morgan fingerprint density at radius 2 is 2.04 bits per heavy atom. The lowest BCUT2D eigenvalue weighted by Gasteiger charge is -2.25. The van der Waals surface area contributed by atoms with Gasteiger partial charge in [-0.3, -0.25) is 14.3 Å². The number of hydrogen-bond donors (Lipinski definition) is 0. The van der Waals surface area contributed by atoms with Crippen molar-refractivity contribution in [1.29, 1.82) is 0 Å². The van der Waals surface area contributed by atoms with Gasteiger partial charge in [-0.15, -0.1) is 0 Å². The summed E-state index contributed by atoms with van der Waals surface area (Å²) in [7, 11) is 0. The third-order valence-corrected chi connectivity index (χ3v) is 4.65. The second-order valence-corrected chi connectivity index (χ2v) is 6.68. The monoisotopic (exact) mass is 343 g/mol. The van der Waals surface area contributed by atoms with Crippen LogP contribution in [0.25, 0.3) is 0 Å². The quantitative estimate of drug-likeness (QED) is 0.829. The topological polar surface area (TPSA) is 73.0 Å². The maximum atomic E-state index is 12.9. The standard InChI is InChI=1S/C18H25N5O2/c1-4-9-22-17(24)8-7-16(20-22)18(25)21-10-5-6-15(21)12-23-14(3)11-13(2)19-23/h7-8,11,15H,4-6,9-10,12H2,1-3H3/t15-/m1/s1. The van der Waals surface area contributed by atoms with Gasteiger partial charge in [0.2, 0.25) is 0 Å². The summed E-state index contributed by atoms with van der Waals surface area (Å²) in [6.45, 7) is 7.92. The van der Waals surface area contributed by atoms with Gasteiger partial charge in [0.15, 0.2) is 0 Å². The smallest absolute Gasteiger partial charge is 0.274 e. The fourth-order valence-corrected chi connectivity index (χ4v) is 3.43. The van der Waals surface area contributed by atoms with E-state index in [1.54, 1.807) is 0 Å². The molecule has 0 N–H and O–H groups in total. The number of aromatic nitrogens is 4. The van der Waals surface area contributed by atoms with Gasteiger partial charge in [-0.25, -0.2) is 4.68 Å². The van der Waals surface area contributed by atoms with Crippen molar-refractivity contribution in [3.05, 3.63) is 45.6 Å². The second kappa shape index (κ2) is 7.21. The molecule has 1 aliphatic heterocycles. The molecule has 0 aromatic carbocycles. The third-order valence-electron chi connectivity index (χ3n) is 4.65. The van der Waals surface area contributed by atoms with Crippen LogP contribution in [-0.2, 0) is 13.1 Å². The molecule has 0 aliphatic carbocycles. The molecule has 1 saturated heterocycles. The lowest BCUT2D eigenvalue weighted by Crippen LogP contribution is -2.39. The van der Waals surface area contributed by atoms with Crippen molar-refractivity contribution < 1.29 is 4.79 Å². The van der Waals surface area contributed by atoms with Gasteiger partial charge in [0.1, 0.15) is 5.69 Å². The molecule has 0 unspecified atom stereocenters. The molecule has 25 heavy (non-hydrogen) atoms. The van der Waals surface area contributed by atoms with Crippen LogP contribution in [0.4, 0.5) is 0 Å². The fourth-order valence-electron chi connectivity index (χ4n) is 3.43. The van der Waals surface area contributed by atoms with Crippen molar-refractivity contribution in [3.8, 4) is 0 Å². The summed E-state index contributed by atoms with van der Waals surface area (Å²) in [5.41, 5.74) is 2.26. The van der Waals surface area contributed by atoms with Gasteiger partial charge in [0.25, 0.3) is 11.5 Å². The van der Waals surface area contributed by atoms with Gasteiger partial charge in [-0.2, -0.15) is 10.2 Å². The summed E-state index contributed by atoms with van der Waals surface area (Å²) in [5.74, 6) is -0.103. The maximum absolute atomic E-state index is 12.9. The molecule has 1 aliphatic rings. The van der Waals surface area contributed by atoms with Gasteiger partial charge in [-0.05, 0) is 45.2 Å². The first-order valence-corrected chi connectivity index (χ1v) is 8.89. The van der Waals surface area contributed by atoms with Gasteiger partial charge >= 0.3 is 0 Å². The van der Waals surface area contributed by atoms with E-state index in [0.717, 1.165) is 37.2 Å². The van der Waals surface area contributed by atoms with Crippen LogP contribution < -0.4 is 5.56 Å². The van der Waals surface area contributed by atoms with Crippen molar-refractivity contribution in [3.63, 3.8) is 0 Å². The summed E-state index contributed by atoms with van der Waals surface area (Å²) < 4.78 is 3.34. The van der Waals surface area contributed by atoms with E-state index < -0.39 is 0 Å². The molecule has 1 fully saturated rings. The molecule has 0 spiro atoms. The first kappa shape index (κ1) is 17.4. The molecule has 3 rings (SSSR count). The Hall–Kier alpha value is -2.44. The van der Waals surface area contributed by atoms with Crippen molar-refractivity contribution in [2.75, 3.05) is 6.54 Å². The normalized spacial score (nSPS) is 17.2. The minimum atomic E-state index is -0.168. The first-order valence-electron chi connectivity index (χ1n) is 8.89. The summed E-state index contributed by atoms with van der Waals surface area (Å²) in [6, 6.07) is 5.12. The van der Waals surface area contributed by atoms with Crippen LogP contribution in [0.2, 0.25) is 0 Å². The number of likely N-dealkylation sites (tertiary alicyclic amines) is 1. The molecular weight excluding hydrogens is 318 g/mol. The van der Waals surface area contributed by atoms with Gasteiger partial charge in [0.05, 0.1) is 18.3 Å². The maximum Gasteiger partial charge on any atom is 0.274 e. The van der Waals surface area contributed by atoms with Crippen molar-refractivity contribution >= 4 is 5.91 Å². The Bertz CT molecular complexity index is 823. The number of amides is 1. The predicted molar refractivity (Wildman–Crippen MR) is 94.5 cm³/mol. The Kier molecular flexibility index (Phi) is 5.01. The highest BCUT2D eigenvalue weighted by Crippen LogP contribution is 2.21. The Morgan fingerprint density at radius 3 is 2.72 bits per heavy atom. The zero-order valence-electron chi connectivity index (χ0n) is 15.1. The summed E-state index contributed by atoms with van der Waals surface area (Å²) in [6.07, 6.45) is 2.73. The van der Waals surface area contributed by atoms with Crippen LogP contribution in [0.3, 0.4) is 0 Å².